The number of hydrogen-bond acceptors (Lipinski definition) is 5. The topological polar surface area (TPSA) is 58.1 Å². The van der Waals surface area contributed by atoms with Crippen LogP contribution in [0.2, 0.25) is 0 Å². The molecule has 0 atom stereocenters. The summed E-state index contributed by atoms with van der Waals surface area (Å²) in [4.78, 5) is 14.6. The predicted molar refractivity (Wildman–Crippen MR) is 75.2 cm³/mol. The summed E-state index contributed by atoms with van der Waals surface area (Å²) < 4.78 is 0. The van der Waals surface area contributed by atoms with E-state index in [1.54, 1.807) is 16.2 Å². The molecular weight excluding hydrogens is 268 g/mol. The molecule has 0 spiro atoms. The van der Waals surface area contributed by atoms with Crippen molar-refractivity contribution in [1.29, 1.82) is 0 Å². The van der Waals surface area contributed by atoms with E-state index in [1.807, 2.05) is 31.4 Å². The molecule has 0 radical (unpaired) electrons. The Kier molecular flexibility index (Phi) is 4.27. The van der Waals surface area contributed by atoms with E-state index in [2.05, 4.69) is 15.5 Å². The molecule has 96 valence electrons. The van der Waals surface area contributed by atoms with Crippen molar-refractivity contribution >= 4 is 33.8 Å². The second-order valence-electron chi connectivity index (χ2n) is 3.49. The summed E-state index contributed by atoms with van der Waals surface area (Å²) in [6.45, 7) is 5.25. The molecule has 2 heterocycles. The third kappa shape index (κ3) is 2.85. The molecule has 0 aliphatic heterocycles. The molecule has 0 saturated carbocycles. The van der Waals surface area contributed by atoms with Crippen LogP contribution in [0.1, 0.15) is 13.8 Å². The number of aromatic nitrogens is 2. The van der Waals surface area contributed by atoms with Crippen LogP contribution in [-0.4, -0.2) is 34.2 Å². The van der Waals surface area contributed by atoms with Gasteiger partial charge in [-0.15, -0.1) is 21.5 Å². The highest BCUT2D eigenvalue weighted by Gasteiger charge is 2.13. The maximum absolute atomic E-state index is 11.8. The molecule has 2 aromatic rings. The maximum Gasteiger partial charge on any atom is 0.323 e. The van der Waals surface area contributed by atoms with Gasteiger partial charge < -0.3 is 4.90 Å². The summed E-state index contributed by atoms with van der Waals surface area (Å²) >= 11 is 3.00. The van der Waals surface area contributed by atoms with Crippen molar-refractivity contribution in [3.63, 3.8) is 0 Å². The monoisotopic (exact) mass is 282 g/mol. The van der Waals surface area contributed by atoms with Gasteiger partial charge in [0.1, 0.15) is 0 Å². The summed E-state index contributed by atoms with van der Waals surface area (Å²) in [5, 5.41) is 14.2. The predicted octanol–water partition coefficient (Wildman–Crippen LogP) is 3.14. The number of nitrogens with zero attached hydrogens (tertiary/aromatic N) is 3. The molecule has 0 unspecified atom stereocenters. The molecule has 0 bridgehead atoms. The second kappa shape index (κ2) is 5.92. The van der Waals surface area contributed by atoms with Gasteiger partial charge in [-0.25, -0.2) is 4.79 Å². The van der Waals surface area contributed by atoms with Crippen LogP contribution in [-0.2, 0) is 0 Å². The Labute approximate surface area is 113 Å². The number of amides is 2. The van der Waals surface area contributed by atoms with E-state index in [1.165, 1.54) is 11.3 Å². The molecule has 0 saturated heterocycles. The summed E-state index contributed by atoms with van der Waals surface area (Å²) in [5.74, 6) is 0. The van der Waals surface area contributed by atoms with Gasteiger partial charge in [0.25, 0.3) is 0 Å². The highest BCUT2D eigenvalue weighted by molar-refractivity contribution is 7.23. The lowest BCUT2D eigenvalue weighted by Gasteiger charge is -2.17. The number of nitrogens with one attached hydrogen (secondary N) is 1. The Morgan fingerprint density at radius 1 is 1.39 bits per heavy atom. The average molecular weight is 282 g/mol. The minimum atomic E-state index is -0.131. The fourth-order valence-electron chi connectivity index (χ4n) is 1.45. The molecule has 2 rings (SSSR count). The van der Waals surface area contributed by atoms with E-state index >= 15 is 0 Å². The highest BCUT2D eigenvalue weighted by Crippen LogP contribution is 2.29. The third-order valence-corrected chi connectivity index (χ3v) is 4.30. The van der Waals surface area contributed by atoms with Gasteiger partial charge in [0, 0.05) is 13.1 Å². The number of carbonyl (C=O) groups excluding carboxylic acids is 1. The average Bonchev–Trinajstić information content (AvgIpc) is 3.00. The van der Waals surface area contributed by atoms with Gasteiger partial charge in [-0.05, 0) is 25.3 Å². The van der Waals surface area contributed by atoms with Crippen LogP contribution in [0.15, 0.2) is 17.5 Å². The first-order chi connectivity index (χ1) is 8.74. The quantitative estimate of drug-likeness (QED) is 0.937. The van der Waals surface area contributed by atoms with Crippen LogP contribution in [0.3, 0.4) is 0 Å². The zero-order valence-corrected chi connectivity index (χ0v) is 11.8. The van der Waals surface area contributed by atoms with Gasteiger partial charge in [0.15, 0.2) is 5.01 Å². The number of carbonyl (C=O) groups is 1. The number of hydrogen-bond donors (Lipinski definition) is 1. The van der Waals surface area contributed by atoms with Crippen molar-refractivity contribution < 1.29 is 4.79 Å². The molecule has 0 aromatic carbocycles. The summed E-state index contributed by atoms with van der Waals surface area (Å²) in [6, 6.07) is 3.82. The molecule has 7 heteroatoms. The maximum atomic E-state index is 11.8. The Morgan fingerprint density at radius 3 is 2.78 bits per heavy atom. The third-order valence-electron chi connectivity index (χ3n) is 2.42. The van der Waals surface area contributed by atoms with E-state index in [-0.39, 0.29) is 6.03 Å². The van der Waals surface area contributed by atoms with Crippen molar-refractivity contribution in [3.8, 4) is 9.88 Å². The summed E-state index contributed by atoms with van der Waals surface area (Å²) in [7, 11) is 0. The lowest BCUT2D eigenvalue weighted by molar-refractivity contribution is 0.217. The minimum Gasteiger partial charge on any atom is -0.325 e. The van der Waals surface area contributed by atoms with Crippen LogP contribution in [0, 0.1) is 0 Å². The standard InChI is InChI=1S/C11H14N4OS2/c1-3-15(4-2)11(16)12-10-14-13-9(18-10)8-6-5-7-17-8/h5-7H,3-4H2,1-2H3,(H,12,14,16). The highest BCUT2D eigenvalue weighted by atomic mass is 32.1. The van der Waals surface area contributed by atoms with Crippen LogP contribution in [0.5, 0.6) is 0 Å². The van der Waals surface area contributed by atoms with Gasteiger partial charge in [-0.1, -0.05) is 17.4 Å². The molecule has 2 amide bonds. The normalized spacial score (nSPS) is 10.3. The smallest absolute Gasteiger partial charge is 0.323 e. The van der Waals surface area contributed by atoms with Gasteiger partial charge in [-0.3, -0.25) is 5.32 Å². The van der Waals surface area contributed by atoms with Crippen molar-refractivity contribution in [2.75, 3.05) is 18.4 Å². The Hall–Kier alpha value is -1.47. The van der Waals surface area contributed by atoms with E-state index < -0.39 is 0 Å². The first-order valence-electron chi connectivity index (χ1n) is 5.68. The lowest BCUT2D eigenvalue weighted by Crippen LogP contribution is -2.34. The van der Waals surface area contributed by atoms with E-state index in [9.17, 15) is 4.79 Å². The van der Waals surface area contributed by atoms with Gasteiger partial charge in [-0.2, -0.15) is 0 Å². The summed E-state index contributed by atoms with van der Waals surface area (Å²) in [5.41, 5.74) is 0. The molecule has 0 aliphatic carbocycles. The Balaban J connectivity index is 2.05. The second-order valence-corrected chi connectivity index (χ2v) is 5.42. The first-order valence-corrected chi connectivity index (χ1v) is 7.37. The zero-order chi connectivity index (χ0) is 13.0. The van der Waals surface area contributed by atoms with E-state index in [0.717, 1.165) is 9.88 Å². The SMILES string of the molecule is CCN(CC)C(=O)Nc1nnc(-c2cccs2)s1. The summed E-state index contributed by atoms with van der Waals surface area (Å²) in [6.07, 6.45) is 0. The Morgan fingerprint density at radius 2 is 2.17 bits per heavy atom. The Bertz CT molecular complexity index is 505. The van der Waals surface area contributed by atoms with Gasteiger partial charge in [0.2, 0.25) is 5.13 Å². The zero-order valence-electron chi connectivity index (χ0n) is 10.2. The number of anilines is 1. The molecule has 0 fully saturated rings. The van der Waals surface area contributed by atoms with Crippen LogP contribution < -0.4 is 5.32 Å². The van der Waals surface area contributed by atoms with Crippen LogP contribution >= 0.6 is 22.7 Å². The molecule has 2 aromatic heterocycles. The molecular formula is C11H14N4OS2. The largest absolute Gasteiger partial charge is 0.325 e. The van der Waals surface area contributed by atoms with E-state index in [4.69, 9.17) is 0 Å². The fourth-order valence-corrected chi connectivity index (χ4v) is 2.98. The molecule has 1 N–H and O–H groups in total. The van der Waals surface area contributed by atoms with Crippen molar-refractivity contribution in [2.24, 2.45) is 0 Å². The lowest BCUT2D eigenvalue weighted by atomic mass is 10.5. The van der Waals surface area contributed by atoms with Crippen molar-refractivity contribution in [3.05, 3.63) is 17.5 Å². The molecule has 0 aliphatic rings. The van der Waals surface area contributed by atoms with Crippen molar-refractivity contribution in [2.45, 2.75) is 13.8 Å². The minimum absolute atomic E-state index is 0.131. The van der Waals surface area contributed by atoms with Crippen molar-refractivity contribution in [1.82, 2.24) is 15.1 Å². The van der Waals surface area contributed by atoms with Crippen LogP contribution in [0.25, 0.3) is 9.88 Å². The number of rotatable bonds is 4. The number of thiophene rings is 1. The molecule has 18 heavy (non-hydrogen) atoms. The molecule has 5 nitrogen and oxygen atoms in total. The first kappa shape index (κ1) is 13.0. The van der Waals surface area contributed by atoms with Gasteiger partial charge >= 0.3 is 6.03 Å². The van der Waals surface area contributed by atoms with E-state index in [0.29, 0.717) is 18.2 Å². The van der Waals surface area contributed by atoms with Crippen LogP contribution in [0.4, 0.5) is 9.93 Å². The van der Waals surface area contributed by atoms with Gasteiger partial charge in [0.05, 0.1) is 4.88 Å². The number of urea groups is 1. The fraction of sp³-hybridized carbons (Fsp3) is 0.364.